The molecule has 0 aliphatic carbocycles. The molecule has 0 saturated heterocycles. The van der Waals surface area contributed by atoms with Crippen LogP contribution in [-0.4, -0.2) is 29.8 Å². The molecule has 1 rings (SSSR count). The standard InChI is InChI=1S/C14H19BrClNO3/c1-8(2)12(7-18)17-14(19)9(3)20-13-5-4-10(16)6-11(13)15/h4-6,8-9,12,18H,7H2,1-3H3,(H,17,19). The molecule has 0 bridgehead atoms. The van der Waals surface area contributed by atoms with E-state index in [9.17, 15) is 9.90 Å². The van der Waals surface area contributed by atoms with E-state index in [4.69, 9.17) is 16.3 Å². The van der Waals surface area contributed by atoms with Gasteiger partial charge in [0.2, 0.25) is 0 Å². The van der Waals surface area contributed by atoms with Crippen molar-refractivity contribution in [2.45, 2.75) is 32.9 Å². The van der Waals surface area contributed by atoms with E-state index in [2.05, 4.69) is 21.2 Å². The van der Waals surface area contributed by atoms with E-state index in [0.717, 1.165) is 0 Å². The molecule has 1 aromatic carbocycles. The van der Waals surface area contributed by atoms with Crippen LogP contribution in [0, 0.1) is 5.92 Å². The Morgan fingerprint density at radius 2 is 2.10 bits per heavy atom. The number of ether oxygens (including phenoxy) is 1. The quantitative estimate of drug-likeness (QED) is 0.816. The lowest BCUT2D eigenvalue weighted by Gasteiger charge is -2.23. The van der Waals surface area contributed by atoms with Gasteiger partial charge in [0.1, 0.15) is 5.75 Å². The van der Waals surface area contributed by atoms with Crippen molar-refractivity contribution in [2.75, 3.05) is 6.61 Å². The number of benzene rings is 1. The highest BCUT2D eigenvalue weighted by Gasteiger charge is 2.21. The number of hydrogen-bond acceptors (Lipinski definition) is 3. The van der Waals surface area contributed by atoms with Gasteiger partial charge in [0.05, 0.1) is 17.1 Å². The minimum atomic E-state index is -0.666. The largest absolute Gasteiger partial charge is 0.480 e. The van der Waals surface area contributed by atoms with Crippen LogP contribution in [0.3, 0.4) is 0 Å². The number of aliphatic hydroxyl groups is 1. The molecule has 0 fully saturated rings. The lowest BCUT2D eigenvalue weighted by molar-refractivity contribution is -0.128. The molecule has 20 heavy (non-hydrogen) atoms. The van der Waals surface area contributed by atoms with Gasteiger partial charge in [-0.15, -0.1) is 0 Å². The third-order valence-corrected chi connectivity index (χ3v) is 3.75. The highest BCUT2D eigenvalue weighted by Crippen LogP contribution is 2.28. The van der Waals surface area contributed by atoms with Gasteiger partial charge < -0.3 is 15.2 Å². The zero-order chi connectivity index (χ0) is 15.3. The van der Waals surface area contributed by atoms with Crippen molar-refractivity contribution in [1.82, 2.24) is 5.32 Å². The summed E-state index contributed by atoms with van der Waals surface area (Å²) in [4.78, 5) is 12.0. The van der Waals surface area contributed by atoms with Crippen molar-refractivity contribution in [3.05, 3.63) is 27.7 Å². The van der Waals surface area contributed by atoms with Crippen molar-refractivity contribution in [2.24, 2.45) is 5.92 Å². The molecule has 112 valence electrons. The molecule has 2 unspecified atom stereocenters. The molecular formula is C14H19BrClNO3. The van der Waals surface area contributed by atoms with Gasteiger partial charge in [-0.05, 0) is 47.0 Å². The number of carbonyl (C=O) groups excluding carboxylic acids is 1. The first-order chi connectivity index (χ1) is 9.35. The molecule has 2 N–H and O–H groups in total. The average Bonchev–Trinajstić information content (AvgIpc) is 2.38. The summed E-state index contributed by atoms with van der Waals surface area (Å²) < 4.78 is 6.28. The van der Waals surface area contributed by atoms with Crippen LogP contribution in [0.4, 0.5) is 0 Å². The molecule has 4 nitrogen and oxygen atoms in total. The summed E-state index contributed by atoms with van der Waals surface area (Å²) in [6.45, 7) is 5.43. The Kier molecular flexibility index (Phi) is 6.79. The first-order valence-electron chi connectivity index (χ1n) is 6.38. The van der Waals surface area contributed by atoms with Crippen molar-refractivity contribution in [1.29, 1.82) is 0 Å². The predicted molar refractivity (Wildman–Crippen MR) is 83.1 cm³/mol. The number of aliphatic hydroxyl groups excluding tert-OH is 1. The number of hydrogen-bond donors (Lipinski definition) is 2. The lowest BCUT2D eigenvalue weighted by atomic mass is 10.1. The fraction of sp³-hybridized carbons (Fsp3) is 0.500. The first-order valence-corrected chi connectivity index (χ1v) is 7.55. The Hall–Kier alpha value is -0.780. The van der Waals surface area contributed by atoms with Crippen LogP contribution < -0.4 is 10.1 Å². The highest BCUT2D eigenvalue weighted by atomic mass is 79.9. The van der Waals surface area contributed by atoms with Gasteiger partial charge in [-0.2, -0.15) is 0 Å². The molecule has 0 heterocycles. The number of rotatable bonds is 6. The number of amides is 1. The molecule has 0 aromatic heterocycles. The fourth-order valence-electron chi connectivity index (χ4n) is 1.54. The predicted octanol–water partition coefficient (Wildman–Crippen LogP) is 3.00. The lowest BCUT2D eigenvalue weighted by Crippen LogP contribution is -2.46. The zero-order valence-corrected chi connectivity index (χ0v) is 14.0. The molecule has 0 aliphatic rings. The van der Waals surface area contributed by atoms with Gasteiger partial charge in [0.15, 0.2) is 6.10 Å². The second-order valence-corrected chi connectivity index (χ2v) is 6.17. The van der Waals surface area contributed by atoms with Crippen LogP contribution in [0.1, 0.15) is 20.8 Å². The van der Waals surface area contributed by atoms with Crippen molar-refractivity contribution >= 4 is 33.4 Å². The molecule has 0 saturated carbocycles. The van der Waals surface area contributed by atoms with Crippen molar-refractivity contribution in [3.63, 3.8) is 0 Å². The van der Waals surface area contributed by atoms with Gasteiger partial charge in [0, 0.05) is 5.02 Å². The van der Waals surface area contributed by atoms with E-state index < -0.39 is 6.10 Å². The molecule has 2 atom stereocenters. The second kappa shape index (κ2) is 7.86. The molecule has 1 amide bonds. The molecule has 1 aromatic rings. The summed E-state index contributed by atoms with van der Waals surface area (Å²) >= 11 is 9.18. The highest BCUT2D eigenvalue weighted by molar-refractivity contribution is 9.10. The normalized spacial score (nSPS) is 13.9. The summed E-state index contributed by atoms with van der Waals surface area (Å²) in [5, 5.41) is 12.6. The van der Waals surface area contributed by atoms with Crippen LogP contribution in [0.5, 0.6) is 5.75 Å². The minimum Gasteiger partial charge on any atom is -0.480 e. The van der Waals surface area contributed by atoms with E-state index in [1.54, 1.807) is 25.1 Å². The zero-order valence-electron chi connectivity index (χ0n) is 11.7. The summed E-state index contributed by atoms with van der Waals surface area (Å²) in [7, 11) is 0. The van der Waals surface area contributed by atoms with E-state index >= 15 is 0 Å². The van der Waals surface area contributed by atoms with Gasteiger partial charge in [0.25, 0.3) is 5.91 Å². The average molecular weight is 365 g/mol. The third kappa shape index (κ3) is 4.96. The maximum atomic E-state index is 12.0. The Balaban J connectivity index is 2.65. The van der Waals surface area contributed by atoms with E-state index in [0.29, 0.717) is 15.2 Å². The Morgan fingerprint density at radius 3 is 2.60 bits per heavy atom. The van der Waals surface area contributed by atoms with Gasteiger partial charge in [-0.3, -0.25) is 4.79 Å². The maximum Gasteiger partial charge on any atom is 0.261 e. The monoisotopic (exact) mass is 363 g/mol. The van der Waals surface area contributed by atoms with Crippen LogP contribution >= 0.6 is 27.5 Å². The number of halogens is 2. The topological polar surface area (TPSA) is 58.6 Å². The van der Waals surface area contributed by atoms with Crippen LogP contribution in [0.2, 0.25) is 5.02 Å². The Bertz CT molecular complexity index is 468. The van der Waals surface area contributed by atoms with E-state index in [1.165, 1.54) is 0 Å². The SMILES string of the molecule is CC(Oc1ccc(Cl)cc1Br)C(=O)NC(CO)C(C)C. The van der Waals surface area contributed by atoms with Crippen LogP contribution in [0.15, 0.2) is 22.7 Å². The Morgan fingerprint density at radius 1 is 1.45 bits per heavy atom. The Labute approximate surface area is 132 Å². The second-order valence-electron chi connectivity index (χ2n) is 4.88. The van der Waals surface area contributed by atoms with Crippen molar-refractivity contribution in [3.8, 4) is 5.75 Å². The number of nitrogens with one attached hydrogen (secondary N) is 1. The molecule has 0 spiro atoms. The summed E-state index contributed by atoms with van der Waals surface area (Å²) in [5.41, 5.74) is 0. The van der Waals surface area contributed by atoms with E-state index in [1.807, 2.05) is 13.8 Å². The fourth-order valence-corrected chi connectivity index (χ4v) is 2.31. The smallest absolute Gasteiger partial charge is 0.261 e. The van der Waals surface area contributed by atoms with Gasteiger partial charge in [-0.25, -0.2) is 0 Å². The molecule has 0 aliphatic heterocycles. The van der Waals surface area contributed by atoms with Crippen LogP contribution in [0.25, 0.3) is 0 Å². The van der Waals surface area contributed by atoms with Crippen molar-refractivity contribution < 1.29 is 14.6 Å². The molecule has 6 heteroatoms. The minimum absolute atomic E-state index is 0.0965. The molecular weight excluding hydrogens is 346 g/mol. The number of carbonyl (C=O) groups is 1. The van der Waals surface area contributed by atoms with Gasteiger partial charge >= 0.3 is 0 Å². The first kappa shape index (κ1) is 17.3. The maximum absolute atomic E-state index is 12.0. The molecule has 0 radical (unpaired) electrons. The summed E-state index contributed by atoms with van der Waals surface area (Å²) in [6, 6.07) is 4.81. The summed E-state index contributed by atoms with van der Waals surface area (Å²) in [5.74, 6) is 0.431. The summed E-state index contributed by atoms with van der Waals surface area (Å²) in [6.07, 6.45) is -0.666. The third-order valence-electron chi connectivity index (χ3n) is 2.90. The van der Waals surface area contributed by atoms with Crippen LogP contribution in [-0.2, 0) is 4.79 Å². The van der Waals surface area contributed by atoms with E-state index in [-0.39, 0.29) is 24.5 Å². The van der Waals surface area contributed by atoms with Gasteiger partial charge in [-0.1, -0.05) is 25.4 Å².